The molecule has 96 valence electrons. The number of nitrogens with one attached hydrogen (secondary N) is 1. The van der Waals surface area contributed by atoms with E-state index in [1.54, 1.807) is 0 Å². The van der Waals surface area contributed by atoms with Crippen LogP contribution in [0.1, 0.15) is 0 Å². The van der Waals surface area contributed by atoms with Crippen LogP contribution in [0.25, 0.3) is 16.7 Å². The Bertz CT molecular complexity index is 766. The minimum Gasteiger partial charge on any atom is -0.378 e. The Labute approximate surface area is 117 Å². The van der Waals surface area contributed by atoms with E-state index in [9.17, 15) is 0 Å². The van der Waals surface area contributed by atoms with Crippen LogP contribution >= 0.6 is 12.2 Å². The number of nitrogens with zero attached hydrogens (tertiary/aromatic N) is 2. The van der Waals surface area contributed by atoms with Crippen LogP contribution < -0.4 is 4.90 Å². The quantitative estimate of drug-likeness (QED) is 0.716. The van der Waals surface area contributed by atoms with E-state index < -0.39 is 0 Å². The summed E-state index contributed by atoms with van der Waals surface area (Å²) < 4.78 is 2.78. The predicted molar refractivity (Wildman–Crippen MR) is 82.8 cm³/mol. The summed E-state index contributed by atoms with van der Waals surface area (Å²) in [7, 11) is 4.07. The van der Waals surface area contributed by atoms with Gasteiger partial charge in [-0.1, -0.05) is 12.1 Å². The van der Waals surface area contributed by atoms with E-state index in [0.717, 1.165) is 21.5 Å². The SMILES string of the molecule is CN(C)c1ccc(-n2c(=S)[nH]c3ccccc32)cc1. The molecule has 3 rings (SSSR count). The third-order valence-corrected chi connectivity index (χ3v) is 3.50. The lowest BCUT2D eigenvalue weighted by Gasteiger charge is -2.13. The molecule has 0 saturated heterocycles. The van der Waals surface area contributed by atoms with E-state index in [-0.39, 0.29) is 0 Å². The highest BCUT2D eigenvalue weighted by Crippen LogP contribution is 2.21. The molecule has 0 unspecified atom stereocenters. The molecule has 0 bridgehead atoms. The van der Waals surface area contributed by atoms with Gasteiger partial charge in [-0.15, -0.1) is 0 Å². The van der Waals surface area contributed by atoms with E-state index in [1.807, 2.05) is 32.3 Å². The highest BCUT2D eigenvalue weighted by molar-refractivity contribution is 7.71. The van der Waals surface area contributed by atoms with Gasteiger partial charge in [-0.25, -0.2) is 0 Å². The maximum absolute atomic E-state index is 5.42. The lowest BCUT2D eigenvalue weighted by atomic mass is 10.2. The second-order valence-electron chi connectivity index (χ2n) is 4.69. The fourth-order valence-electron chi connectivity index (χ4n) is 2.21. The van der Waals surface area contributed by atoms with Crippen LogP contribution in [0.15, 0.2) is 48.5 Å². The smallest absolute Gasteiger partial charge is 0.182 e. The number of imidazole rings is 1. The van der Waals surface area contributed by atoms with Gasteiger partial charge in [0.15, 0.2) is 4.77 Å². The topological polar surface area (TPSA) is 24.0 Å². The van der Waals surface area contributed by atoms with E-state index >= 15 is 0 Å². The van der Waals surface area contributed by atoms with Gasteiger partial charge in [0.2, 0.25) is 0 Å². The summed E-state index contributed by atoms with van der Waals surface area (Å²) in [5, 5.41) is 0. The van der Waals surface area contributed by atoms with E-state index in [1.165, 1.54) is 5.69 Å². The van der Waals surface area contributed by atoms with Gasteiger partial charge in [-0.2, -0.15) is 0 Å². The molecule has 1 aromatic heterocycles. The Morgan fingerprint density at radius 1 is 1.00 bits per heavy atom. The number of aromatic nitrogens is 2. The minimum atomic E-state index is 0.721. The van der Waals surface area contributed by atoms with Crippen LogP contribution in [-0.2, 0) is 0 Å². The van der Waals surface area contributed by atoms with Crippen LogP contribution in [-0.4, -0.2) is 23.6 Å². The molecule has 0 atom stereocenters. The predicted octanol–water partition coefficient (Wildman–Crippen LogP) is 3.75. The molecule has 0 aliphatic rings. The molecule has 19 heavy (non-hydrogen) atoms. The number of hydrogen-bond donors (Lipinski definition) is 1. The van der Waals surface area contributed by atoms with E-state index in [4.69, 9.17) is 12.2 Å². The van der Waals surface area contributed by atoms with Crippen molar-refractivity contribution in [2.45, 2.75) is 0 Å². The molecule has 4 heteroatoms. The Morgan fingerprint density at radius 2 is 1.68 bits per heavy atom. The lowest BCUT2D eigenvalue weighted by molar-refractivity contribution is 1.06. The van der Waals surface area contributed by atoms with Crippen molar-refractivity contribution in [2.24, 2.45) is 0 Å². The maximum Gasteiger partial charge on any atom is 0.182 e. The number of rotatable bonds is 2. The molecule has 0 aliphatic heterocycles. The molecule has 1 heterocycles. The van der Waals surface area contributed by atoms with Gasteiger partial charge >= 0.3 is 0 Å². The van der Waals surface area contributed by atoms with E-state index in [2.05, 4.69) is 44.8 Å². The molecule has 0 aliphatic carbocycles. The Balaban J connectivity index is 2.19. The molecular weight excluding hydrogens is 254 g/mol. The lowest BCUT2D eigenvalue weighted by Crippen LogP contribution is -2.08. The van der Waals surface area contributed by atoms with Gasteiger partial charge < -0.3 is 9.88 Å². The zero-order valence-corrected chi connectivity index (χ0v) is 11.7. The number of H-pyrrole nitrogens is 1. The standard InChI is InChI=1S/C15H15N3S/c1-17(2)11-7-9-12(10-8-11)18-14-6-4-3-5-13(14)16-15(18)19/h3-10H,1-2H3,(H,16,19). The molecule has 0 fully saturated rings. The van der Waals surface area contributed by atoms with Crippen LogP contribution in [0, 0.1) is 4.77 Å². The van der Waals surface area contributed by atoms with Crippen molar-refractivity contribution in [3.05, 3.63) is 53.3 Å². The number of hydrogen-bond acceptors (Lipinski definition) is 2. The second kappa shape index (κ2) is 4.55. The van der Waals surface area contributed by atoms with Crippen molar-refractivity contribution in [1.29, 1.82) is 0 Å². The average molecular weight is 269 g/mol. The van der Waals surface area contributed by atoms with Gasteiger partial charge in [0.05, 0.1) is 11.0 Å². The largest absolute Gasteiger partial charge is 0.378 e. The van der Waals surface area contributed by atoms with Crippen LogP contribution in [0.2, 0.25) is 0 Å². The van der Waals surface area contributed by atoms with Crippen molar-refractivity contribution in [3.63, 3.8) is 0 Å². The molecule has 0 saturated carbocycles. The van der Waals surface area contributed by atoms with Crippen LogP contribution in [0.4, 0.5) is 5.69 Å². The minimum absolute atomic E-state index is 0.721. The Morgan fingerprint density at radius 3 is 2.37 bits per heavy atom. The summed E-state index contributed by atoms with van der Waals surface area (Å²) in [6, 6.07) is 16.5. The fourth-order valence-corrected chi connectivity index (χ4v) is 2.52. The van der Waals surface area contributed by atoms with Crippen molar-refractivity contribution in [3.8, 4) is 5.69 Å². The van der Waals surface area contributed by atoms with E-state index in [0.29, 0.717) is 0 Å². The van der Waals surface area contributed by atoms with Crippen molar-refractivity contribution in [1.82, 2.24) is 9.55 Å². The van der Waals surface area contributed by atoms with Gasteiger partial charge in [0.25, 0.3) is 0 Å². The van der Waals surface area contributed by atoms with Crippen molar-refractivity contribution < 1.29 is 0 Å². The van der Waals surface area contributed by atoms with Gasteiger partial charge in [-0.05, 0) is 48.6 Å². The number of aromatic amines is 1. The first-order chi connectivity index (χ1) is 9.16. The van der Waals surface area contributed by atoms with Crippen molar-refractivity contribution in [2.75, 3.05) is 19.0 Å². The Kier molecular flexibility index (Phi) is 2.87. The summed E-state index contributed by atoms with van der Waals surface area (Å²) in [5.41, 5.74) is 4.41. The summed E-state index contributed by atoms with van der Waals surface area (Å²) in [5.74, 6) is 0. The normalized spacial score (nSPS) is 10.8. The van der Waals surface area contributed by atoms with Gasteiger partial charge in [0.1, 0.15) is 0 Å². The monoisotopic (exact) mass is 269 g/mol. The molecule has 1 N–H and O–H groups in total. The molecule has 0 amide bonds. The van der Waals surface area contributed by atoms with Crippen molar-refractivity contribution >= 4 is 28.9 Å². The van der Waals surface area contributed by atoms with Crippen LogP contribution in [0.3, 0.4) is 0 Å². The third-order valence-electron chi connectivity index (χ3n) is 3.21. The Hall–Kier alpha value is -2.07. The highest BCUT2D eigenvalue weighted by Gasteiger charge is 2.05. The summed E-state index contributed by atoms with van der Waals surface area (Å²) in [4.78, 5) is 5.31. The average Bonchev–Trinajstić information content (AvgIpc) is 2.74. The second-order valence-corrected chi connectivity index (χ2v) is 5.08. The number of fused-ring (bicyclic) bond motifs is 1. The number of anilines is 1. The first kappa shape index (κ1) is 12.0. The fraction of sp³-hybridized carbons (Fsp3) is 0.133. The molecule has 3 nitrogen and oxygen atoms in total. The zero-order chi connectivity index (χ0) is 13.4. The van der Waals surface area contributed by atoms with Crippen LogP contribution in [0.5, 0.6) is 0 Å². The first-order valence-electron chi connectivity index (χ1n) is 6.14. The summed E-state index contributed by atoms with van der Waals surface area (Å²) >= 11 is 5.42. The summed E-state index contributed by atoms with van der Waals surface area (Å²) in [6.45, 7) is 0. The molecule has 2 aromatic carbocycles. The highest BCUT2D eigenvalue weighted by atomic mass is 32.1. The number of benzene rings is 2. The summed E-state index contributed by atoms with van der Waals surface area (Å²) in [6.07, 6.45) is 0. The molecule has 0 spiro atoms. The molecule has 3 aromatic rings. The maximum atomic E-state index is 5.42. The molecule has 0 radical (unpaired) electrons. The first-order valence-corrected chi connectivity index (χ1v) is 6.55. The van der Waals surface area contributed by atoms with Gasteiger partial charge in [0, 0.05) is 25.5 Å². The number of para-hydroxylation sites is 2. The third kappa shape index (κ3) is 2.04. The molecular formula is C15H15N3S. The zero-order valence-electron chi connectivity index (χ0n) is 10.9. The van der Waals surface area contributed by atoms with Gasteiger partial charge in [-0.3, -0.25) is 4.57 Å².